The number of nitrogens with zero attached hydrogens (tertiary/aromatic N) is 3. The van der Waals surface area contributed by atoms with Gasteiger partial charge in [-0.2, -0.15) is 0 Å². The van der Waals surface area contributed by atoms with Crippen LogP contribution >= 0.6 is 11.6 Å². The molecule has 1 saturated heterocycles. The molecule has 5 nitrogen and oxygen atoms in total. The van der Waals surface area contributed by atoms with E-state index in [0.717, 1.165) is 17.8 Å². The minimum atomic E-state index is -0.128. The molecule has 1 amide bonds. The zero-order valence-electron chi connectivity index (χ0n) is 10.6. The zero-order valence-corrected chi connectivity index (χ0v) is 11.3. The molecular formula is C14H12ClN3O2. The molecule has 4 rings (SSSR count). The second-order valence-electron chi connectivity index (χ2n) is 5.04. The summed E-state index contributed by atoms with van der Waals surface area (Å²) in [6.07, 6.45) is 2.54. The quantitative estimate of drug-likeness (QED) is 0.872. The number of hydrogen-bond donors (Lipinski definition) is 1. The summed E-state index contributed by atoms with van der Waals surface area (Å²) in [6.45, 7) is 0.584. The Bertz CT molecular complexity index is 725. The van der Waals surface area contributed by atoms with Crippen molar-refractivity contribution < 1.29 is 9.90 Å². The lowest BCUT2D eigenvalue weighted by Crippen LogP contribution is -2.44. The molecule has 1 N–H and O–H groups in total. The number of rotatable bonds is 1. The van der Waals surface area contributed by atoms with Gasteiger partial charge < -0.3 is 10.0 Å². The SMILES string of the molecule is O=C1c2c(Cl)cccc2-n2cnc(CO)c2[C@@H]2CCN12. The Kier molecular flexibility index (Phi) is 2.43. The molecule has 3 heterocycles. The van der Waals surface area contributed by atoms with Crippen molar-refractivity contribution in [3.8, 4) is 5.69 Å². The number of aliphatic hydroxyl groups is 1. The number of aromatic nitrogens is 2. The molecule has 1 fully saturated rings. The third-order valence-electron chi connectivity index (χ3n) is 4.10. The molecule has 6 heteroatoms. The minimum Gasteiger partial charge on any atom is -0.390 e. The van der Waals surface area contributed by atoms with Crippen LogP contribution in [-0.2, 0) is 6.61 Å². The Labute approximate surface area is 120 Å². The normalized spacial score (nSPS) is 19.8. The van der Waals surface area contributed by atoms with Gasteiger partial charge in [0.05, 0.1) is 46.6 Å². The summed E-state index contributed by atoms with van der Waals surface area (Å²) < 4.78 is 1.88. The maximum absolute atomic E-state index is 12.6. The number of carbonyl (C=O) groups is 1. The fourth-order valence-corrected chi connectivity index (χ4v) is 3.30. The average molecular weight is 290 g/mol. The molecule has 2 aliphatic rings. The number of hydrogen-bond acceptors (Lipinski definition) is 3. The van der Waals surface area contributed by atoms with Gasteiger partial charge >= 0.3 is 0 Å². The Balaban J connectivity index is 2.06. The van der Waals surface area contributed by atoms with Crippen molar-refractivity contribution in [2.75, 3.05) is 6.54 Å². The number of imidazole rings is 1. The first-order valence-corrected chi connectivity index (χ1v) is 6.87. The van der Waals surface area contributed by atoms with E-state index in [1.807, 2.05) is 16.7 Å². The van der Waals surface area contributed by atoms with Gasteiger partial charge in [-0.15, -0.1) is 0 Å². The van der Waals surface area contributed by atoms with E-state index in [9.17, 15) is 9.90 Å². The van der Waals surface area contributed by atoms with Crippen molar-refractivity contribution >= 4 is 17.5 Å². The second-order valence-corrected chi connectivity index (χ2v) is 5.45. The minimum absolute atomic E-state index is 0.0179. The highest BCUT2D eigenvalue weighted by atomic mass is 35.5. The summed E-state index contributed by atoms with van der Waals surface area (Å²) in [5.74, 6) is -0.0468. The van der Waals surface area contributed by atoms with Gasteiger partial charge in [0.25, 0.3) is 5.91 Å². The molecular weight excluding hydrogens is 278 g/mol. The molecule has 0 spiro atoms. The van der Waals surface area contributed by atoms with Crippen LogP contribution in [-0.4, -0.2) is 32.0 Å². The molecule has 102 valence electrons. The summed E-state index contributed by atoms with van der Waals surface area (Å²) in [4.78, 5) is 18.7. The van der Waals surface area contributed by atoms with Crippen molar-refractivity contribution in [1.82, 2.24) is 14.5 Å². The van der Waals surface area contributed by atoms with Gasteiger partial charge in [-0.1, -0.05) is 17.7 Å². The lowest BCUT2D eigenvalue weighted by molar-refractivity contribution is 0.0455. The smallest absolute Gasteiger partial charge is 0.258 e. The van der Waals surface area contributed by atoms with Gasteiger partial charge in [0, 0.05) is 6.54 Å². The molecule has 0 aliphatic carbocycles. The molecule has 1 aromatic heterocycles. The zero-order chi connectivity index (χ0) is 13.9. The van der Waals surface area contributed by atoms with E-state index in [2.05, 4.69) is 4.98 Å². The van der Waals surface area contributed by atoms with Gasteiger partial charge in [-0.3, -0.25) is 9.36 Å². The third-order valence-corrected chi connectivity index (χ3v) is 4.41. The summed E-state index contributed by atoms with van der Waals surface area (Å²) in [7, 11) is 0. The average Bonchev–Trinajstić information content (AvgIpc) is 2.77. The largest absolute Gasteiger partial charge is 0.390 e. The Morgan fingerprint density at radius 1 is 1.45 bits per heavy atom. The van der Waals surface area contributed by atoms with E-state index in [1.54, 1.807) is 17.3 Å². The van der Waals surface area contributed by atoms with Crippen LogP contribution in [0, 0.1) is 0 Å². The van der Waals surface area contributed by atoms with E-state index < -0.39 is 0 Å². The Morgan fingerprint density at radius 2 is 2.30 bits per heavy atom. The number of benzene rings is 1. The topological polar surface area (TPSA) is 58.4 Å². The first kappa shape index (κ1) is 11.9. The predicted molar refractivity (Wildman–Crippen MR) is 72.9 cm³/mol. The lowest BCUT2D eigenvalue weighted by atomic mass is 9.98. The van der Waals surface area contributed by atoms with Crippen molar-refractivity contribution in [2.24, 2.45) is 0 Å². The van der Waals surface area contributed by atoms with Gasteiger partial charge in [-0.05, 0) is 18.6 Å². The molecule has 0 bridgehead atoms. The van der Waals surface area contributed by atoms with Crippen LogP contribution in [0.5, 0.6) is 0 Å². The standard InChI is InChI=1S/C14H12ClN3O2/c15-8-2-1-3-10-12(8)14(20)17-5-4-11(17)13-9(6-19)16-7-18(10)13/h1-3,7,11,19H,4-6H2/t11-/m0/s1. The van der Waals surface area contributed by atoms with Gasteiger partial charge in [-0.25, -0.2) is 4.98 Å². The van der Waals surface area contributed by atoms with Gasteiger partial charge in [0.1, 0.15) is 0 Å². The van der Waals surface area contributed by atoms with Gasteiger partial charge in [0.2, 0.25) is 0 Å². The van der Waals surface area contributed by atoms with E-state index in [4.69, 9.17) is 11.6 Å². The van der Waals surface area contributed by atoms with E-state index in [1.165, 1.54) is 0 Å². The highest BCUT2D eigenvalue weighted by Gasteiger charge is 2.41. The fourth-order valence-electron chi connectivity index (χ4n) is 3.05. The molecule has 20 heavy (non-hydrogen) atoms. The molecule has 0 unspecified atom stereocenters. The van der Waals surface area contributed by atoms with Crippen LogP contribution in [0.1, 0.15) is 34.2 Å². The molecule has 1 aromatic carbocycles. The van der Waals surface area contributed by atoms with Crippen LogP contribution in [0.4, 0.5) is 0 Å². The lowest BCUT2D eigenvalue weighted by Gasteiger charge is -2.40. The van der Waals surface area contributed by atoms with Crippen molar-refractivity contribution in [1.29, 1.82) is 0 Å². The maximum atomic E-state index is 12.6. The summed E-state index contributed by atoms with van der Waals surface area (Å²) in [5, 5.41) is 9.91. The van der Waals surface area contributed by atoms with E-state index in [0.29, 0.717) is 22.8 Å². The molecule has 0 radical (unpaired) electrons. The molecule has 2 aromatic rings. The number of carbonyl (C=O) groups excluding carboxylic acids is 1. The van der Waals surface area contributed by atoms with Crippen LogP contribution in [0.25, 0.3) is 5.69 Å². The predicted octanol–water partition coefficient (Wildman–Crippen LogP) is 1.92. The van der Waals surface area contributed by atoms with Gasteiger partial charge in [0.15, 0.2) is 0 Å². The van der Waals surface area contributed by atoms with E-state index in [-0.39, 0.29) is 18.6 Å². The highest BCUT2D eigenvalue weighted by molar-refractivity contribution is 6.34. The number of aliphatic hydroxyl groups excluding tert-OH is 1. The van der Waals surface area contributed by atoms with Crippen LogP contribution < -0.4 is 0 Å². The highest BCUT2D eigenvalue weighted by Crippen LogP contribution is 2.42. The molecule has 1 atom stereocenters. The first-order valence-electron chi connectivity index (χ1n) is 6.49. The maximum Gasteiger partial charge on any atom is 0.258 e. The van der Waals surface area contributed by atoms with Crippen molar-refractivity contribution in [2.45, 2.75) is 19.1 Å². The Morgan fingerprint density at radius 3 is 3.00 bits per heavy atom. The van der Waals surface area contributed by atoms with Crippen LogP contribution in [0.15, 0.2) is 24.5 Å². The first-order chi connectivity index (χ1) is 9.72. The summed E-state index contributed by atoms with van der Waals surface area (Å²) in [6, 6.07) is 5.38. The van der Waals surface area contributed by atoms with Crippen molar-refractivity contribution in [3.63, 3.8) is 0 Å². The van der Waals surface area contributed by atoms with Crippen LogP contribution in [0.3, 0.4) is 0 Å². The second kappa shape index (κ2) is 4.07. The monoisotopic (exact) mass is 289 g/mol. The number of halogens is 1. The fraction of sp³-hybridized carbons (Fsp3) is 0.286. The van der Waals surface area contributed by atoms with Crippen molar-refractivity contribution in [3.05, 3.63) is 46.5 Å². The number of amides is 1. The third kappa shape index (κ3) is 1.36. The Hall–Kier alpha value is -1.85. The van der Waals surface area contributed by atoms with E-state index >= 15 is 0 Å². The molecule has 0 saturated carbocycles. The number of fused-ring (bicyclic) bond motifs is 5. The molecule has 2 aliphatic heterocycles. The summed E-state index contributed by atoms with van der Waals surface area (Å²) in [5.41, 5.74) is 2.77. The van der Waals surface area contributed by atoms with Crippen LogP contribution in [0.2, 0.25) is 5.02 Å². The summed E-state index contributed by atoms with van der Waals surface area (Å²) >= 11 is 6.22.